The van der Waals surface area contributed by atoms with Gasteiger partial charge in [0.15, 0.2) is 0 Å². The Balaban J connectivity index is 0.000000307. The smallest absolute Gasteiger partial charge is 0.414 e. The SMILES string of the molecule is CN1CCC(=C2c3ccccc3C=Cn3cccc32)CC1.O=C(O)C(=O)O. The molecule has 2 aromatic rings. The van der Waals surface area contributed by atoms with Gasteiger partial charge in [-0.1, -0.05) is 29.8 Å². The number of hydrogen-bond acceptors (Lipinski definition) is 3. The number of fused-ring (bicyclic) bond motifs is 2. The van der Waals surface area contributed by atoms with Crippen LogP contribution in [0.15, 0.2) is 48.2 Å². The van der Waals surface area contributed by atoms with Gasteiger partial charge in [0.25, 0.3) is 0 Å². The van der Waals surface area contributed by atoms with Crippen LogP contribution < -0.4 is 0 Å². The maximum Gasteiger partial charge on any atom is 0.414 e. The number of aliphatic carboxylic acids is 2. The minimum atomic E-state index is -1.82. The third-order valence-corrected chi connectivity index (χ3v) is 4.81. The Bertz CT molecular complexity index is 902. The molecule has 140 valence electrons. The van der Waals surface area contributed by atoms with Gasteiger partial charge in [0.1, 0.15) is 0 Å². The Hall–Kier alpha value is -3.12. The standard InChI is InChI=1S/C19H20N2.C2H2O4/c1-20-12-8-16(9-13-20)19-17-6-3-2-5-15(17)10-14-21-11-4-7-18(19)21;3-1(4)2(5)6/h2-7,10-11,14H,8-9,12-13H2,1H3;(H,3,4)(H,5,6). The van der Waals surface area contributed by atoms with Gasteiger partial charge < -0.3 is 19.7 Å². The summed E-state index contributed by atoms with van der Waals surface area (Å²) in [4.78, 5) is 20.6. The second kappa shape index (κ2) is 8.05. The number of benzene rings is 1. The summed E-state index contributed by atoms with van der Waals surface area (Å²) in [6.45, 7) is 2.32. The molecule has 2 aliphatic rings. The third kappa shape index (κ3) is 4.17. The van der Waals surface area contributed by atoms with Crippen LogP contribution in [-0.4, -0.2) is 51.8 Å². The predicted octanol–water partition coefficient (Wildman–Crippen LogP) is 3.11. The zero-order valence-electron chi connectivity index (χ0n) is 15.1. The first-order valence-corrected chi connectivity index (χ1v) is 8.79. The number of rotatable bonds is 0. The minimum Gasteiger partial charge on any atom is -0.473 e. The summed E-state index contributed by atoms with van der Waals surface area (Å²) < 4.78 is 2.25. The Morgan fingerprint density at radius 2 is 1.63 bits per heavy atom. The molecule has 1 saturated heterocycles. The van der Waals surface area contributed by atoms with Crippen molar-refractivity contribution in [1.29, 1.82) is 0 Å². The zero-order valence-corrected chi connectivity index (χ0v) is 15.1. The molecule has 3 heterocycles. The van der Waals surface area contributed by atoms with Crippen molar-refractivity contribution < 1.29 is 19.8 Å². The molecule has 0 saturated carbocycles. The molecule has 2 N–H and O–H groups in total. The first-order valence-electron chi connectivity index (χ1n) is 8.79. The Labute approximate surface area is 157 Å². The molecule has 6 heteroatoms. The Kier molecular flexibility index (Phi) is 5.57. The molecule has 0 bridgehead atoms. The van der Waals surface area contributed by atoms with E-state index in [0.29, 0.717) is 0 Å². The molecular formula is C21H22N2O4. The van der Waals surface area contributed by atoms with E-state index in [1.165, 1.54) is 35.2 Å². The fraction of sp³-hybridized carbons (Fsp3) is 0.238. The van der Waals surface area contributed by atoms with Gasteiger partial charge in [0.05, 0.1) is 5.69 Å². The van der Waals surface area contributed by atoms with Gasteiger partial charge in [-0.15, -0.1) is 0 Å². The van der Waals surface area contributed by atoms with Crippen molar-refractivity contribution in [3.8, 4) is 0 Å². The zero-order chi connectivity index (χ0) is 19.4. The summed E-state index contributed by atoms with van der Waals surface area (Å²) >= 11 is 0. The van der Waals surface area contributed by atoms with Gasteiger partial charge in [-0.25, -0.2) is 9.59 Å². The molecule has 27 heavy (non-hydrogen) atoms. The third-order valence-electron chi connectivity index (χ3n) is 4.81. The van der Waals surface area contributed by atoms with Crippen LogP contribution in [0, 0.1) is 0 Å². The lowest BCUT2D eigenvalue weighted by Gasteiger charge is -2.27. The van der Waals surface area contributed by atoms with Gasteiger partial charge in [0, 0.05) is 31.1 Å². The number of piperidine rings is 1. The Morgan fingerprint density at radius 3 is 2.30 bits per heavy atom. The molecule has 0 amide bonds. The number of carboxylic acid groups (broad SMARTS) is 2. The topological polar surface area (TPSA) is 82.8 Å². The molecule has 0 atom stereocenters. The lowest BCUT2D eigenvalue weighted by Crippen LogP contribution is -2.27. The van der Waals surface area contributed by atoms with Crippen molar-refractivity contribution >= 4 is 29.8 Å². The van der Waals surface area contributed by atoms with E-state index in [4.69, 9.17) is 19.8 Å². The van der Waals surface area contributed by atoms with E-state index < -0.39 is 11.9 Å². The fourth-order valence-electron chi connectivity index (χ4n) is 3.41. The molecule has 1 aromatic carbocycles. The van der Waals surface area contributed by atoms with Crippen LogP contribution in [0.1, 0.15) is 29.7 Å². The number of likely N-dealkylation sites (tertiary alicyclic amines) is 1. The highest BCUT2D eigenvalue weighted by Gasteiger charge is 2.21. The summed E-state index contributed by atoms with van der Waals surface area (Å²) in [7, 11) is 2.22. The molecule has 0 spiro atoms. The first-order chi connectivity index (χ1) is 13.0. The first kappa shape index (κ1) is 18.7. The van der Waals surface area contributed by atoms with E-state index in [-0.39, 0.29) is 0 Å². The van der Waals surface area contributed by atoms with Crippen molar-refractivity contribution in [1.82, 2.24) is 9.47 Å². The number of carboxylic acids is 2. The highest BCUT2D eigenvalue weighted by atomic mass is 16.4. The molecule has 6 nitrogen and oxygen atoms in total. The molecule has 0 radical (unpaired) electrons. The molecule has 0 unspecified atom stereocenters. The second-order valence-electron chi connectivity index (χ2n) is 6.60. The summed E-state index contributed by atoms with van der Waals surface area (Å²) in [6.07, 6.45) is 8.89. The van der Waals surface area contributed by atoms with E-state index in [0.717, 1.165) is 13.1 Å². The number of hydrogen-bond donors (Lipinski definition) is 2. The van der Waals surface area contributed by atoms with Gasteiger partial charge >= 0.3 is 11.9 Å². The average molecular weight is 366 g/mol. The van der Waals surface area contributed by atoms with Crippen molar-refractivity contribution in [2.24, 2.45) is 0 Å². The van der Waals surface area contributed by atoms with Crippen molar-refractivity contribution in [2.45, 2.75) is 12.8 Å². The predicted molar refractivity (Wildman–Crippen MR) is 104 cm³/mol. The molecule has 0 aliphatic carbocycles. The van der Waals surface area contributed by atoms with Gasteiger partial charge in [0.2, 0.25) is 0 Å². The monoisotopic (exact) mass is 366 g/mol. The van der Waals surface area contributed by atoms with Gasteiger partial charge in [-0.05, 0) is 49.2 Å². The number of carbonyl (C=O) groups is 2. The van der Waals surface area contributed by atoms with Crippen LogP contribution in [0.5, 0.6) is 0 Å². The summed E-state index contributed by atoms with van der Waals surface area (Å²) in [5, 5.41) is 14.8. The molecule has 4 rings (SSSR count). The lowest BCUT2D eigenvalue weighted by atomic mass is 9.89. The van der Waals surface area contributed by atoms with E-state index in [1.54, 1.807) is 5.57 Å². The summed E-state index contributed by atoms with van der Waals surface area (Å²) in [5.74, 6) is -3.65. The van der Waals surface area contributed by atoms with E-state index in [9.17, 15) is 0 Å². The van der Waals surface area contributed by atoms with Crippen molar-refractivity contribution in [3.05, 3.63) is 65.0 Å². The quantitative estimate of drug-likeness (QED) is 0.598. The number of aromatic nitrogens is 1. The van der Waals surface area contributed by atoms with E-state index in [1.807, 2.05) is 0 Å². The van der Waals surface area contributed by atoms with Crippen LogP contribution in [-0.2, 0) is 9.59 Å². The van der Waals surface area contributed by atoms with Crippen molar-refractivity contribution in [2.75, 3.05) is 20.1 Å². The summed E-state index contributed by atoms with van der Waals surface area (Å²) in [5.41, 5.74) is 7.09. The van der Waals surface area contributed by atoms with Crippen LogP contribution in [0.2, 0.25) is 0 Å². The van der Waals surface area contributed by atoms with Crippen molar-refractivity contribution in [3.63, 3.8) is 0 Å². The normalized spacial score (nSPS) is 15.9. The lowest BCUT2D eigenvalue weighted by molar-refractivity contribution is -0.159. The van der Waals surface area contributed by atoms with Crippen LogP contribution >= 0.6 is 0 Å². The maximum atomic E-state index is 9.10. The van der Waals surface area contributed by atoms with Crippen LogP contribution in [0.3, 0.4) is 0 Å². The highest BCUT2D eigenvalue weighted by molar-refractivity contribution is 6.27. The largest absolute Gasteiger partial charge is 0.473 e. The molecule has 1 aromatic heterocycles. The van der Waals surface area contributed by atoms with Gasteiger partial charge in [-0.3, -0.25) is 0 Å². The number of nitrogens with zero attached hydrogens (tertiary/aromatic N) is 2. The van der Waals surface area contributed by atoms with E-state index in [2.05, 4.69) is 71.4 Å². The second-order valence-corrected chi connectivity index (χ2v) is 6.60. The van der Waals surface area contributed by atoms with E-state index >= 15 is 0 Å². The Morgan fingerprint density at radius 1 is 0.963 bits per heavy atom. The molecule has 2 aliphatic heterocycles. The fourth-order valence-corrected chi connectivity index (χ4v) is 3.41. The van der Waals surface area contributed by atoms with Gasteiger partial charge in [-0.2, -0.15) is 0 Å². The average Bonchev–Trinajstić information content (AvgIpc) is 3.05. The maximum absolute atomic E-state index is 9.10. The minimum absolute atomic E-state index is 1.16. The molecular weight excluding hydrogens is 344 g/mol. The van der Waals surface area contributed by atoms with Crippen LogP contribution in [0.25, 0.3) is 17.8 Å². The highest BCUT2D eigenvalue weighted by Crippen LogP contribution is 2.36. The molecule has 1 fully saturated rings. The van der Waals surface area contributed by atoms with Crippen LogP contribution in [0.4, 0.5) is 0 Å². The summed E-state index contributed by atoms with van der Waals surface area (Å²) in [6, 6.07) is 13.1.